The average molecular weight is 1780 g/mol. The van der Waals surface area contributed by atoms with Crippen molar-refractivity contribution >= 4 is 145 Å². The fraction of sp³-hybridized carbons (Fsp3) is 0.284. The third-order valence-electron chi connectivity index (χ3n) is 20.7. The van der Waals surface area contributed by atoms with Gasteiger partial charge in [-0.05, 0) is 144 Å². The first-order valence-corrected chi connectivity index (χ1v) is 42.3. The van der Waals surface area contributed by atoms with Crippen molar-refractivity contribution in [3.05, 3.63) is 180 Å². The van der Waals surface area contributed by atoms with E-state index in [1.165, 1.54) is 119 Å². The zero-order valence-electron chi connectivity index (χ0n) is 69.4. The molecule has 0 unspecified atom stereocenters. The molecule has 0 bridgehead atoms. The number of thiazole rings is 3. The number of benzene rings is 6. The monoisotopic (exact) mass is 1780 g/mol. The van der Waals surface area contributed by atoms with Gasteiger partial charge < -0.3 is 52.1 Å². The van der Waals surface area contributed by atoms with Gasteiger partial charge in [0.2, 0.25) is 29.3 Å². The second-order valence-electron chi connectivity index (χ2n) is 29.6. The van der Waals surface area contributed by atoms with Crippen LogP contribution in [-0.2, 0) is 18.9 Å². The third kappa shape index (κ3) is 19.9. The van der Waals surface area contributed by atoms with Crippen molar-refractivity contribution in [3.8, 4) is 72.5 Å². The van der Waals surface area contributed by atoms with E-state index in [1.807, 2.05) is 57.2 Å². The van der Waals surface area contributed by atoms with Gasteiger partial charge in [0.05, 0.1) is 166 Å². The molecule has 0 aliphatic heterocycles. The summed E-state index contributed by atoms with van der Waals surface area (Å²) in [4.78, 5) is 121. The van der Waals surface area contributed by atoms with Gasteiger partial charge in [0, 0.05) is 66.1 Å². The quantitative estimate of drug-likeness (QED) is 0.0342. The maximum Gasteiger partial charge on any atom is 0.412 e. The Morgan fingerprint density at radius 2 is 0.685 bits per heavy atom. The van der Waals surface area contributed by atoms with Crippen LogP contribution in [0.15, 0.2) is 135 Å². The van der Waals surface area contributed by atoms with Crippen LogP contribution in [0.25, 0.3) is 95.5 Å². The number of carbonyl (C=O) groups is 5. The molecule has 0 radical (unpaired) electrons. The Balaban J connectivity index is 0.000000140. The number of aromatic nitrogens is 14. The number of hydrogen-bond donors (Lipinski definition) is 3. The Bertz CT molecular complexity index is 6700. The average Bonchev–Trinajstić information content (AvgIpc) is 1.65. The largest absolute Gasteiger partial charge is 0.483 e. The van der Waals surface area contributed by atoms with Crippen LogP contribution in [-0.4, -0.2) is 172 Å². The van der Waals surface area contributed by atoms with Crippen molar-refractivity contribution in [1.82, 2.24) is 69.8 Å². The van der Waals surface area contributed by atoms with Crippen LogP contribution < -0.4 is 49.1 Å². The normalized spacial score (nSPS) is 16.5. The Kier molecular flexibility index (Phi) is 25.8. The van der Waals surface area contributed by atoms with Crippen LogP contribution in [0, 0.1) is 38.2 Å². The molecular weight excluding hydrogens is 1700 g/mol. The summed E-state index contributed by atoms with van der Waals surface area (Å²) < 4.78 is 108. The molecule has 6 aromatic carbocycles. The number of nitrogens with one attached hydrogen (secondary N) is 3. The van der Waals surface area contributed by atoms with Crippen molar-refractivity contribution in [2.45, 2.75) is 129 Å². The molecule has 33 nitrogen and oxygen atoms in total. The summed E-state index contributed by atoms with van der Waals surface area (Å²) in [5, 5.41) is 9.78. The van der Waals surface area contributed by atoms with Gasteiger partial charge in [0.1, 0.15) is 51.6 Å². The lowest BCUT2D eigenvalue weighted by Gasteiger charge is -2.31. The minimum Gasteiger partial charge on any atom is -0.483 e. The van der Waals surface area contributed by atoms with Crippen molar-refractivity contribution < 1.29 is 89.2 Å². The number of aryl methyl sites for hydroxylation is 3. The van der Waals surface area contributed by atoms with E-state index in [1.54, 1.807) is 56.0 Å². The predicted octanol–water partition coefficient (Wildman–Crippen LogP) is 18.1. The highest BCUT2D eigenvalue weighted by Crippen LogP contribution is 2.43. The van der Waals surface area contributed by atoms with Gasteiger partial charge in [0.25, 0.3) is 0 Å². The molecular formula is C88H78F3N17O16S3. The van der Waals surface area contributed by atoms with Crippen LogP contribution in [0.1, 0.15) is 109 Å². The van der Waals surface area contributed by atoms with Gasteiger partial charge in [-0.2, -0.15) is 0 Å². The van der Waals surface area contributed by atoms with E-state index in [0.29, 0.717) is 132 Å². The molecule has 127 heavy (non-hydrogen) atoms. The number of pyridine rings is 1. The van der Waals surface area contributed by atoms with Crippen LogP contribution in [0.5, 0.6) is 40.8 Å². The zero-order chi connectivity index (χ0) is 88.7. The highest BCUT2D eigenvalue weighted by atomic mass is 32.1. The minimum absolute atomic E-state index is 0.0480. The minimum atomic E-state index is -0.746. The van der Waals surface area contributed by atoms with E-state index >= 15 is 13.2 Å². The molecule has 3 aliphatic carbocycles. The SMILES string of the molecule is COC(=O)c1ncc(NC(=O)O[C@@H]2CCC[C@@H]2Oc2cc3sc(-c4cc(C)cc5nc(OC)cnc45)nc3cc2F)cn1.COc1ccc(NC(=O)O[C@@H]2CCCC[C@H]2Oc2cc3sc(-c4cc(C)cc5nc(OC)cnc45)nc3cc2F)cn1.COc1cnc2c(-c3nc4cc(F)c(O[C@H]5CCC[C@H]5OC(=O)Nc5cnc(C(C)=O)nc5)cc4s3)cc(C)cc2n1. The number of rotatable bonds is 21. The lowest BCUT2D eigenvalue weighted by Crippen LogP contribution is -2.39. The summed E-state index contributed by atoms with van der Waals surface area (Å²) in [5.74, 6) is -0.845. The van der Waals surface area contributed by atoms with Crippen LogP contribution >= 0.6 is 34.0 Å². The molecule has 650 valence electrons. The van der Waals surface area contributed by atoms with E-state index in [4.69, 9.17) is 52.4 Å². The summed E-state index contributed by atoms with van der Waals surface area (Å²) in [6.07, 6.45) is 12.7. The molecule has 3 N–H and O–H groups in total. The molecule has 9 aromatic heterocycles. The first-order chi connectivity index (χ1) is 61.5. The van der Waals surface area contributed by atoms with E-state index in [0.717, 1.165) is 73.2 Å². The fourth-order valence-electron chi connectivity index (χ4n) is 14.7. The molecule has 6 atom stereocenters. The second kappa shape index (κ2) is 38.0. The smallest absolute Gasteiger partial charge is 0.412 e. The predicted molar refractivity (Wildman–Crippen MR) is 465 cm³/mol. The molecule has 0 saturated heterocycles. The number of amides is 3. The molecule has 3 fully saturated rings. The molecule has 15 aromatic rings. The van der Waals surface area contributed by atoms with Crippen molar-refractivity contribution in [2.75, 3.05) is 51.5 Å². The summed E-state index contributed by atoms with van der Waals surface area (Å²) in [7, 11) is 7.35. The zero-order valence-corrected chi connectivity index (χ0v) is 71.8. The van der Waals surface area contributed by atoms with Gasteiger partial charge in [-0.1, -0.05) is 0 Å². The number of Topliss-reactive ketones (excluding diaryl/α,β-unsaturated/α-hetero) is 1. The molecule has 3 aliphatic rings. The van der Waals surface area contributed by atoms with E-state index in [2.05, 4.69) is 85.5 Å². The fourth-order valence-corrected chi connectivity index (χ4v) is 17.7. The number of halogens is 3. The van der Waals surface area contributed by atoms with E-state index in [-0.39, 0.29) is 46.1 Å². The molecule has 3 amide bonds. The standard InChI is InChI=1S/C30H28FN5O5S.C29H25FN6O6S.C29H25FN6O5S/c1-16-10-18(28-21(11-16)35-27(39-3)15-33-28)29-36-20-12-19(31)24(13-25(20)42-29)40-22-6-4-5-7-23(22)41-30(37)34-17-8-9-26(38-2)32-14-17;1-14-7-16(25-19(8-14)35-24(39-2)13-31-25)27-36-18-9-17(30)22(10-23(18)43-27)41-20-5-4-6-21(20)42-29(38)34-15-11-32-26(33-12-15)28(37)40-3;1-14-7-17(26-20(8-14)35-25(39-3)13-31-26)28-36-19-9-18(30)23(10-24(19)42-28)40-21-5-4-6-22(21)41-29(38)34-16-11-32-27(15(2)37)33-12-16/h8-15,22-23H,4-7H2,1-3H3,(H,34,37);7-13,20-21H,4-6H2,1-3H3,(H,34,38);7-13,21-22H,4-6H2,1-3H3,(H,34,38)/t22-,23-;20-,21+;21-,22+/m100/s1. The highest BCUT2D eigenvalue weighted by molar-refractivity contribution is 7.22. The summed E-state index contributed by atoms with van der Waals surface area (Å²) in [6.45, 7) is 7.24. The maximum absolute atomic E-state index is 15.3. The Morgan fingerprint density at radius 1 is 0.354 bits per heavy atom. The molecule has 18 rings (SSSR count). The number of hydrogen-bond acceptors (Lipinski definition) is 33. The van der Waals surface area contributed by atoms with Gasteiger partial charge in [-0.15, -0.1) is 34.0 Å². The number of esters is 1. The van der Waals surface area contributed by atoms with Gasteiger partial charge in [-0.25, -0.2) is 102 Å². The molecule has 39 heteroatoms. The molecule has 0 spiro atoms. The number of ketones is 1. The lowest BCUT2D eigenvalue weighted by molar-refractivity contribution is -0.00441. The highest BCUT2D eigenvalue weighted by Gasteiger charge is 2.37. The number of fused-ring (bicyclic) bond motifs is 6. The van der Waals surface area contributed by atoms with Crippen molar-refractivity contribution in [1.29, 1.82) is 0 Å². The Morgan fingerprint density at radius 3 is 1.02 bits per heavy atom. The van der Waals surface area contributed by atoms with Gasteiger partial charge in [-0.3, -0.25) is 20.7 Å². The van der Waals surface area contributed by atoms with Crippen LogP contribution in [0.3, 0.4) is 0 Å². The first kappa shape index (κ1) is 86.2. The van der Waals surface area contributed by atoms with Crippen LogP contribution in [0.4, 0.5) is 44.6 Å². The van der Waals surface area contributed by atoms with Gasteiger partial charge in [0.15, 0.2) is 46.3 Å². The first-order valence-electron chi connectivity index (χ1n) is 39.9. The van der Waals surface area contributed by atoms with Crippen molar-refractivity contribution in [3.63, 3.8) is 0 Å². The molecule has 3 saturated carbocycles. The maximum atomic E-state index is 15.3. The number of methoxy groups -OCH3 is 5. The lowest BCUT2D eigenvalue weighted by atomic mass is 9.94. The van der Waals surface area contributed by atoms with Crippen LogP contribution in [0.2, 0.25) is 0 Å². The van der Waals surface area contributed by atoms with E-state index in [9.17, 15) is 24.0 Å². The summed E-state index contributed by atoms with van der Waals surface area (Å²) in [5.41, 5.74) is 11.9. The van der Waals surface area contributed by atoms with Gasteiger partial charge >= 0.3 is 24.2 Å². The Hall–Kier alpha value is -14.3. The number of carbonyl (C=O) groups excluding carboxylic acids is 5. The summed E-state index contributed by atoms with van der Waals surface area (Å²) in [6, 6.07) is 24.0. The second-order valence-corrected chi connectivity index (χ2v) is 32.7. The third-order valence-corrected chi connectivity index (χ3v) is 23.8. The molecule has 9 heterocycles. The van der Waals surface area contributed by atoms with E-state index < -0.39 is 78.3 Å². The number of ether oxygens (including phenoxy) is 11. The number of anilines is 3. The summed E-state index contributed by atoms with van der Waals surface area (Å²) >= 11 is 4.20. The van der Waals surface area contributed by atoms with Crippen molar-refractivity contribution in [2.24, 2.45) is 0 Å². The topological polar surface area (TPSA) is 403 Å². The Labute approximate surface area is 732 Å². The number of nitrogens with zero attached hydrogens (tertiary/aromatic N) is 14.